The molecule has 0 saturated heterocycles. The van der Waals surface area contributed by atoms with Crippen LogP contribution in [0, 0.1) is 0 Å². The number of nitrogens with one attached hydrogen (secondary N) is 1. The highest BCUT2D eigenvalue weighted by Crippen LogP contribution is 2.31. The van der Waals surface area contributed by atoms with Crippen molar-refractivity contribution in [2.24, 2.45) is 10.7 Å². The second-order valence-corrected chi connectivity index (χ2v) is 4.85. The number of nitrogens with zero attached hydrogens (tertiary/aromatic N) is 1. The van der Waals surface area contributed by atoms with Crippen molar-refractivity contribution in [3.63, 3.8) is 0 Å². The molecule has 1 heterocycles. The Balaban J connectivity index is 0.00000200. The van der Waals surface area contributed by atoms with Crippen LogP contribution in [-0.4, -0.2) is 19.1 Å². The predicted octanol–water partition coefficient (Wildman–Crippen LogP) is 3.22. The number of unbranched alkanes of at least 4 members (excludes halogenated alkanes) is 2. The van der Waals surface area contributed by atoms with Gasteiger partial charge in [-0.05, 0) is 12.5 Å². The fourth-order valence-corrected chi connectivity index (χ4v) is 2.28. The van der Waals surface area contributed by atoms with Crippen LogP contribution in [0.15, 0.2) is 29.3 Å². The smallest absolute Gasteiger partial charge is 0.189 e. The average molecular weight is 389 g/mol. The Hall–Kier alpha value is -0.980. The Labute approximate surface area is 138 Å². The van der Waals surface area contributed by atoms with Crippen LogP contribution >= 0.6 is 24.0 Å². The molecule has 3 N–H and O–H groups in total. The van der Waals surface area contributed by atoms with E-state index in [2.05, 4.69) is 23.3 Å². The number of hydrogen-bond acceptors (Lipinski definition) is 2. The maximum atomic E-state index is 5.94. The highest BCUT2D eigenvalue weighted by atomic mass is 127. The van der Waals surface area contributed by atoms with Crippen molar-refractivity contribution in [3.8, 4) is 5.75 Å². The molecule has 0 saturated carbocycles. The number of guanidine groups is 1. The van der Waals surface area contributed by atoms with Gasteiger partial charge in [-0.25, -0.2) is 0 Å². The third-order valence-electron chi connectivity index (χ3n) is 3.32. The summed E-state index contributed by atoms with van der Waals surface area (Å²) in [6, 6.07) is 8.30. The molecular formula is C15H24IN3O. The highest BCUT2D eigenvalue weighted by molar-refractivity contribution is 14.0. The van der Waals surface area contributed by atoms with Gasteiger partial charge >= 0.3 is 0 Å². The molecule has 112 valence electrons. The van der Waals surface area contributed by atoms with Crippen LogP contribution in [0.4, 0.5) is 0 Å². The first-order valence-electron chi connectivity index (χ1n) is 7.09. The minimum Gasteiger partial charge on any atom is -0.493 e. The lowest BCUT2D eigenvalue weighted by atomic mass is 10.0. The van der Waals surface area contributed by atoms with E-state index in [4.69, 9.17) is 10.5 Å². The molecule has 1 aliphatic heterocycles. The Morgan fingerprint density at radius 3 is 3.00 bits per heavy atom. The van der Waals surface area contributed by atoms with E-state index in [-0.39, 0.29) is 30.0 Å². The maximum absolute atomic E-state index is 5.94. The summed E-state index contributed by atoms with van der Waals surface area (Å²) in [5.74, 6) is 1.49. The van der Waals surface area contributed by atoms with Gasteiger partial charge in [0, 0.05) is 18.5 Å². The molecule has 1 aliphatic rings. The lowest BCUT2D eigenvalue weighted by Gasteiger charge is -2.26. The molecule has 0 spiro atoms. The van der Waals surface area contributed by atoms with Crippen molar-refractivity contribution in [3.05, 3.63) is 29.8 Å². The Morgan fingerprint density at radius 2 is 2.20 bits per heavy atom. The molecular weight excluding hydrogens is 365 g/mol. The number of hydrogen-bond donors (Lipinski definition) is 2. The highest BCUT2D eigenvalue weighted by Gasteiger charge is 2.20. The van der Waals surface area contributed by atoms with Gasteiger partial charge in [0.2, 0.25) is 0 Å². The summed E-state index contributed by atoms with van der Waals surface area (Å²) in [4.78, 5) is 4.37. The van der Waals surface area contributed by atoms with Gasteiger partial charge in [-0.2, -0.15) is 0 Å². The molecule has 0 fully saturated rings. The van der Waals surface area contributed by atoms with Crippen molar-refractivity contribution < 1.29 is 4.74 Å². The first-order chi connectivity index (χ1) is 9.31. The third kappa shape index (κ3) is 4.85. The number of para-hydroxylation sites is 1. The van der Waals surface area contributed by atoms with Crippen LogP contribution in [-0.2, 0) is 0 Å². The number of halogens is 1. The molecule has 0 bridgehead atoms. The standard InChI is InChI=1S/C15H23N3O.HI/c1-2-3-6-10-17-15(16)18-13-9-11-19-14-8-5-4-7-12(13)14;/h4-5,7-8,13H,2-3,6,9-11H2,1H3,(H3,16,17,18);1H. The van der Waals surface area contributed by atoms with Crippen molar-refractivity contribution in [1.29, 1.82) is 0 Å². The van der Waals surface area contributed by atoms with Gasteiger partial charge in [-0.3, -0.25) is 4.99 Å². The molecule has 5 heteroatoms. The molecule has 20 heavy (non-hydrogen) atoms. The first-order valence-corrected chi connectivity index (χ1v) is 7.09. The second kappa shape index (κ2) is 9.05. The van der Waals surface area contributed by atoms with Crippen LogP contribution in [0.25, 0.3) is 0 Å². The fraction of sp³-hybridized carbons (Fsp3) is 0.533. The molecule has 0 aliphatic carbocycles. The topological polar surface area (TPSA) is 59.6 Å². The van der Waals surface area contributed by atoms with Gasteiger partial charge in [0.25, 0.3) is 0 Å². The summed E-state index contributed by atoms with van der Waals surface area (Å²) in [6.45, 7) is 3.71. The SMILES string of the molecule is CCCCCN=C(N)NC1CCOc2ccccc21.I. The fourth-order valence-electron chi connectivity index (χ4n) is 2.28. The van der Waals surface area contributed by atoms with Gasteiger partial charge in [0.05, 0.1) is 12.6 Å². The van der Waals surface area contributed by atoms with Gasteiger partial charge in [-0.15, -0.1) is 24.0 Å². The van der Waals surface area contributed by atoms with Crippen molar-refractivity contribution in [2.45, 2.75) is 38.6 Å². The lowest BCUT2D eigenvalue weighted by molar-refractivity contribution is 0.262. The van der Waals surface area contributed by atoms with Gasteiger partial charge in [0.15, 0.2) is 5.96 Å². The maximum Gasteiger partial charge on any atom is 0.189 e. The normalized spacial score (nSPS) is 17.6. The van der Waals surface area contributed by atoms with Gasteiger partial charge in [0.1, 0.15) is 5.75 Å². The monoisotopic (exact) mass is 389 g/mol. The number of ether oxygens (including phenoxy) is 1. The summed E-state index contributed by atoms with van der Waals surface area (Å²) in [6.07, 6.45) is 4.43. The van der Waals surface area contributed by atoms with E-state index in [9.17, 15) is 0 Å². The summed E-state index contributed by atoms with van der Waals surface area (Å²) in [5.41, 5.74) is 7.11. The zero-order valence-corrected chi connectivity index (χ0v) is 14.3. The molecule has 4 nitrogen and oxygen atoms in total. The molecule has 1 atom stereocenters. The molecule has 0 aromatic heterocycles. The zero-order chi connectivity index (χ0) is 13.5. The zero-order valence-electron chi connectivity index (χ0n) is 12.0. The van der Waals surface area contributed by atoms with E-state index < -0.39 is 0 Å². The minimum absolute atomic E-state index is 0. The molecule has 1 aromatic carbocycles. The largest absolute Gasteiger partial charge is 0.493 e. The van der Waals surface area contributed by atoms with E-state index in [0.29, 0.717) is 5.96 Å². The van der Waals surface area contributed by atoms with Crippen LogP contribution in [0.1, 0.15) is 44.2 Å². The Bertz CT molecular complexity index is 437. The van der Waals surface area contributed by atoms with E-state index in [1.165, 1.54) is 18.4 Å². The van der Waals surface area contributed by atoms with Crippen LogP contribution < -0.4 is 15.8 Å². The number of aliphatic imine (C=N–C) groups is 1. The lowest BCUT2D eigenvalue weighted by Crippen LogP contribution is -2.37. The number of nitrogens with two attached hydrogens (primary N) is 1. The number of fused-ring (bicyclic) bond motifs is 1. The molecule has 1 unspecified atom stereocenters. The average Bonchev–Trinajstić information content (AvgIpc) is 2.44. The molecule has 0 amide bonds. The predicted molar refractivity (Wildman–Crippen MR) is 93.9 cm³/mol. The van der Waals surface area contributed by atoms with Crippen LogP contribution in [0.3, 0.4) is 0 Å². The molecule has 1 aromatic rings. The van der Waals surface area contributed by atoms with Crippen molar-refractivity contribution in [1.82, 2.24) is 5.32 Å². The number of benzene rings is 1. The summed E-state index contributed by atoms with van der Waals surface area (Å²) in [7, 11) is 0. The quantitative estimate of drug-likeness (QED) is 0.352. The van der Waals surface area contributed by atoms with Crippen LogP contribution in [0.5, 0.6) is 5.75 Å². The second-order valence-electron chi connectivity index (χ2n) is 4.85. The summed E-state index contributed by atoms with van der Waals surface area (Å²) >= 11 is 0. The van der Waals surface area contributed by atoms with Crippen molar-refractivity contribution in [2.75, 3.05) is 13.2 Å². The van der Waals surface area contributed by atoms with E-state index in [0.717, 1.165) is 31.7 Å². The summed E-state index contributed by atoms with van der Waals surface area (Å²) < 4.78 is 5.63. The summed E-state index contributed by atoms with van der Waals surface area (Å²) in [5, 5.41) is 3.30. The van der Waals surface area contributed by atoms with E-state index in [1.54, 1.807) is 0 Å². The van der Waals surface area contributed by atoms with Crippen molar-refractivity contribution >= 4 is 29.9 Å². The Morgan fingerprint density at radius 1 is 1.40 bits per heavy atom. The van der Waals surface area contributed by atoms with Gasteiger partial charge in [-0.1, -0.05) is 38.0 Å². The van der Waals surface area contributed by atoms with E-state index >= 15 is 0 Å². The molecule has 2 rings (SSSR count). The van der Waals surface area contributed by atoms with Gasteiger partial charge < -0.3 is 15.8 Å². The number of rotatable bonds is 5. The van der Waals surface area contributed by atoms with Crippen LogP contribution in [0.2, 0.25) is 0 Å². The minimum atomic E-state index is 0. The Kier molecular flexibility index (Phi) is 7.72. The third-order valence-corrected chi connectivity index (χ3v) is 3.32. The first kappa shape index (κ1) is 17.1. The van der Waals surface area contributed by atoms with E-state index in [1.807, 2.05) is 18.2 Å². The molecule has 0 radical (unpaired) electrons.